The van der Waals surface area contributed by atoms with E-state index in [-0.39, 0.29) is 11.9 Å². The fourth-order valence-corrected chi connectivity index (χ4v) is 1.87. The molecule has 0 aliphatic carbocycles. The summed E-state index contributed by atoms with van der Waals surface area (Å²) in [6.07, 6.45) is 2.05. The van der Waals surface area contributed by atoms with Gasteiger partial charge in [-0.1, -0.05) is 51.1 Å². The van der Waals surface area contributed by atoms with Crippen LogP contribution in [0.25, 0.3) is 0 Å². The van der Waals surface area contributed by atoms with Gasteiger partial charge in [-0.25, -0.2) is 0 Å². The van der Waals surface area contributed by atoms with Gasteiger partial charge in [0.05, 0.1) is 0 Å². The number of benzene rings is 1. The number of carbonyl (C=O) groups is 1. The summed E-state index contributed by atoms with van der Waals surface area (Å²) >= 11 is 0. The van der Waals surface area contributed by atoms with Crippen molar-refractivity contribution in [3.8, 4) is 0 Å². The molecule has 19 heavy (non-hydrogen) atoms. The van der Waals surface area contributed by atoms with E-state index in [0.29, 0.717) is 5.41 Å². The van der Waals surface area contributed by atoms with Gasteiger partial charge < -0.3 is 11.1 Å². The molecule has 0 fully saturated rings. The summed E-state index contributed by atoms with van der Waals surface area (Å²) < 4.78 is 0. The van der Waals surface area contributed by atoms with Crippen LogP contribution in [0.4, 0.5) is 0 Å². The Morgan fingerprint density at radius 3 is 2.37 bits per heavy atom. The van der Waals surface area contributed by atoms with Gasteiger partial charge in [-0.05, 0) is 30.7 Å². The molecule has 1 aromatic rings. The van der Waals surface area contributed by atoms with Crippen molar-refractivity contribution in [2.24, 2.45) is 11.1 Å². The number of amides is 1. The molecule has 0 aliphatic rings. The van der Waals surface area contributed by atoms with Gasteiger partial charge in [0.15, 0.2) is 0 Å². The Bertz CT molecular complexity index is 395. The molecule has 0 aliphatic heterocycles. The maximum Gasteiger partial charge on any atom is 0.241 e. The van der Waals surface area contributed by atoms with Gasteiger partial charge in [0.25, 0.3) is 0 Å². The number of nitrogens with two attached hydrogens (primary N) is 1. The zero-order valence-electron chi connectivity index (χ0n) is 12.4. The first-order chi connectivity index (χ1) is 8.79. The van der Waals surface area contributed by atoms with Crippen molar-refractivity contribution in [2.45, 2.75) is 52.6 Å². The maximum atomic E-state index is 12.0. The van der Waals surface area contributed by atoms with Crippen LogP contribution in [0.5, 0.6) is 0 Å². The molecule has 3 heteroatoms. The molecule has 2 unspecified atom stereocenters. The Hall–Kier alpha value is -1.35. The van der Waals surface area contributed by atoms with E-state index in [4.69, 9.17) is 5.73 Å². The SMILES string of the molecule is CC(CCC(C)(C)C)NC(=O)C(N)c1ccccc1. The molecule has 0 saturated heterocycles. The summed E-state index contributed by atoms with van der Waals surface area (Å²) in [5.41, 5.74) is 7.10. The van der Waals surface area contributed by atoms with Gasteiger partial charge in [-0.2, -0.15) is 0 Å². The van der Waals surface area contributed by atoms with Crippen LogP contribution in [0, 0.1) is 5.41 Å². The summed E-state index contributed by atoms with van der Waals surface area (Å²) in [6.45, 7) is 8.65. The highest BCUT2D eigenvalue weighted by atomic mass is 16.2. The van der Waals surface area contributed by atoms with Crippen molar-refractivity contribution < 1.29 is 4.79 Å². The molecule has 0 saturated carbocycles. The number of hydrogen-bond donors (Lipinski definition) is 2. The van der Waals surface area contributed by atoms with E-state index in [1.807, 2.05) is 37.3 Å². The summed E-state index contributed by atoms with van der Waals surface area (Å²) in [5, 5.41) is 2.99. The van der Waals surface area contributed by atoms with E-state index in [9.17, 15) is 4.79 Å². The van der Waals surface area contributed by atoms with Crippen LogP contribution >= 0.6 is 0 Å². The zero-order chi connectivity index (χ0) is 14.5. The fourth-order valence-electron chi connectivity index (χ4n) is 1.87. The highest BCUT2D eigenvalue weighted by Crippen LogP contribution is 2.21. The Kier molecular flexibility index (Phi) is 5.55. The lowest BCUT2D eigenvalue weighted by molar-refractivity contribution is -0.123. The van der Waals surface area contributed by atoms with Crippen molar-refractivity contribution in [3.05, 3.63) is 35.9 Å². The minimum absolute atomic E-state index is 0.104. The standard InChI is InChI=1S/C16H26N2O/c1-12(10-11-16(2,3)4)18-15(19)14(17)13-8-6-5-7-9-13/h5-9,12,14H,10-11,17H2,1-4H3,(H,18,19). The van der Waals surface area contributed by atoms with Gasteiger partial charge in [0.2, 0.25) is 5.91 Å². The van der Waals surface area contributed by atoms with Crippen molar-refractivity contribution in [1.82, 2.24) is 5.32 Å². The smallest absolute Gasteiger partial charge is 0.241 e. The largest absolute Gasteiger partial charge is 0.352 e. The Morgan fingerprint density at radius 2 is 1.84 bits per heavy atom. The average molecular weight is 262 g/mol. The molecule has 1 amide bonds. The van der Waals surface area contributed by atoms with E-state index in [1.165, 1.54) is 0 Å². The third-order valence-electron chi connectivity index (χ3n) is 3.16. The lowest BCUT2D eigenvalue weighted by Gasteiger charge is -2.22. The van der Waals surface area contributed by atoms with Crippen molar-refractivity contribution in [3.63, 3.8) is 0 Å². The van der Waals surface area contributed by atoms with Crippen LogP contribution in [-0.2, 0) is 4.79 Å². The van der Waals surface area contributed by atoms with Gasteiger partial charge >= 0.3 is 0 Å². The lowest BCUT2D eigenvalue weighted by Crippen LogP contribution is -2.39. The predicted octanol–water partition coefficient (Wildman–Crippen LogP) is 3.02. The van der Waals surface area contributed by atoms with Crippen molar-refractivity contribution in [2.75, 3.05) is 0 Å². The molecule has 0 aromatic heterocycles. The quantitative estimate of drug-likeness (QED) is 0.857. The zero-order valence-corrected chi connectivity index (χ0v) is 12.4. The third kappa shape index (κ3) is 5.88. The first-order valence-electron chi connectivity index (χ1n) is 6.90. The van der Waals surface area contributed by atoms with Crippen LogP contribution in [-0.4, -0.2) is 11.9 Å². The van der Waals surface area contributed by atoms with Gasteiger partial charge in [-0.15, -0.1) is 0 Å². The van der Waals surface area contributed by atoms with Crippen molar-refractivity contribution >= 4 is 5.91 Å². The minimum Gasteiger partial charge on any atom is -0.352 e. The summed E-state index contributed by atoms with van der Waals surface area (Å²) in [4.78, 5) is 12.0. The van der Waals surface area contributed by atoms with Gasteiger partial charge in [0, 0.05) is 6.04 Å². The Morgan fingerprint density at radius 1 is 1.26 bits per heavy atom. The molecule has 3 N–H and O–H groups in total. The summed E-state index contributed by atoms with van der Waals surface area (Å²) in [6, 6.07) is 9.03. The Balaban J connectivity index is 2.46. The minimum atomic E-state index is -0.585. The molecule has 1 rings (SSSR count). The average Bonchev–Trinajstić information content (AvgIpc) is 2.35. The Labute approximate surface area is 116 Å². The normalized spacial score (nSPS) is 14.8. The second kappa shape index (κ2) is 6.71. The first-order valence-corrected chi connectivity index (χ1v) is 6.90. The number of carbonyl (C=O) groups excluding carboxylic acids is 1. The first kappa shape index (κ1) is 15.7. The molecular weight excluding hydrogens is 236 g/mol. The maximum absolute atomic E-state index is 12.0. The van der Waals surface area contributed by atoms with E-state index in [1.54, 1.807) is 0 Å². The molecular formula is C16H26N2O. The predicted molar refractivity (Wildman–Crippen MR) is 79.7 cm³/mol. The molecule has 2 atom stereocenters. The lowest BCUT2D eigenvalue weighted by atomic mass is 9.89. The van der Waals surface area contributed by atoms with Crippen LogP contribution in [0.3, 0.4) is 0 Å². The molecule has 0 spiro atoms. The third-order valence-corrected chi connectivity index (χ3v) is 3.16. The number of rotatable bonds is 5. The van der Waals surface area contributed by atoms with E-state index < -0.39 is 6.04 Å². The highest BCUT2D eigenvalue weighted by molar-refractivity contribution is 5.83. The fraction of sp³-hybridized carbons (Fsp3) is 0.562. The van der Waals surface area contributed by atoms with Gasteiger partial charge in [0.1, 0.15) is 6.04 Å². The molecule has 106 valence electrons. The van der Waals surface area contributed by atoms with E-state index in [0.717, 1.165) is 18.4 Å². The van der Waals surface area contributed by atoms with Crippen LogP contribution in [0.2, 0.25) is 0 Å². The van der Waals surface area contributed by atoms with E-state index >= 15 is 0 Å². The van der Waals surface area contributed by atoms with Crippen molar-refractivity contribution in [1.29, 1.82) is 0 Å². The van der Waals surface area contributed by atoms with Crippen LogP contribution < -0.4 is 11.1 Å². The van der Waals surface area contributed by atoms with E-state index in [2.05, 4.69) is 26.1 Å². The number of nitrogens with one attached hydrogen (secondary N) is 1. The topological polar surface area (TPSA) is 55.1 Å². The van der Waals surface area contributed by atoms with Gasteiger partial charge in [-0.3, -0.25) is 4.79 Å². The molecule has 1 aromatic carbocycles. The molecule has 3 nitrogen and oxygen atoms in total. The molecule has 0 bridgehead atoms. The monoisotopic (exact) mass is 262 g/mol. The second-order valence-corrected chi connectivity index (χ2v) is 6.40. The van der Waals surface area contributed by atoms with Crippen LogP contribution in [0.1, 0.15) is 52.1 Å². The second-order valence-electron chi connectivity index (χ2n) is 6.40. The summed E-state index contributed by atoms with van der Waals surface area (Å²) in [5.74, 6) is -0.104. The molecule has 0 radical (unpaired) electrons. The molecule has 0 heterocycles. The highest BCUT2D eigenvalue weighted by Gasteiger charge is 2.18. The number of hydrogen-bond acceptors (Lipinski definition) is 2. The van der Waals surface area contributed by atoms with Crippen LogP contribution in [0.15, 0.2) is 30.3 Å². The summed E-state index contributed by atoms with van der Waals surface area (Å²) in [7, 11) is 0.